The first-order chi connectivity index (χ1) is 13.1. The summed E-state index contributed by atoms with van der Waals surface area (Å²) in [6.07, 6.45) is 1.86. The Morgan fingerprint density at radius 3 is 2.56 bits per heavy atom. The number of nitrogens with one attached hydrogen (secondary N) is 1. The topological polar surface area (TPSA) is 41.5 Å². The van der Waals surface area contributed by atoms with Gasteiger partial charge < -0.3 is 5.32 Å². The molecule has 1 amide bonds. The van der Waals surface area contributed by atoms with Gasteiger partial charge in [-0.1, -0.05) is 51.8 Å². The predicted molar refractivity (Wildman–Crippen MR) is 120 cm³/mol. The molecule has 0 saturated carbocycles. The molecule has 1 N–H and O–H groups in total. The summed E-state index contributed by atoms with van der Waals surface area (Å²) in [7, 11) is 0. The van der Waals surface area contributed by atoms with Gasteiger partial charge in [0.25, 0.3) is 5.91 Å². The van der Waals surface area contributed by atoms with E-state index < -0.39 is 0 Å². The van der Waals surface area contributed by atoms with Crippen LogP contribution in [0.2, 0.25) is 5.02 Å². The van der Waals surface area contributed by atoms with Gasteiger partial charge in [-0.25, -0.2) is 4.99 Å². The Kier molecular flexibility index (Phi) is 5.50. The smallest absolute Gasteiger partial charge is 0.264 e. The molecule has 1 fully saturated rings. The molecule has 7 heteroatoms. The van der Waals surface area contributed by atoms with Crippen molar-refractivity contribution in [2.24, 2.45) is 4.99 Å². The second-order valence-electron chi connectivity index (χ2n) is 5.71. The van der Waals surface area contributed by atoms with Crippen LogP contribution in [-0.2, 0) is 4.79 Å². The van der Waals surface area contributed by atoms with Crippen LogP contribution in [0.4, 0.5) is 5.69 Å². The van der Waals surface area contributed by atoms with Crippen LogP contribution in [0.3, 0.4) is 0 Å². The van der Waals surface area contributed by atoms with Crippen LogP contribution < -0.4 is 5.32 Å². The van der Waals surface area contributed by atoms with Crippen LogP contribution in [0, 0.1) is 0 Å². The number of thioether (sulfide) groups is 1. The van der Waals surface area contributed by atoms with Crippen molar-refractivity contribution in [2.75, 3.05) is 0 Å². The number of amidine groups is 1. The van der Waals surface area contributed by atoms with Gasteiger partial charge in [0.1, 0.15) is 0 Å². The molecule has 4 rings (SSSR count). The largest absolute Gasteiger partial charge is 0.300 e. The number of halogens is 2. The molecular weight excluding hydrogens is 464 g/mol. The number of hydrogen-bond donors (Lipinski definition) is 1. The third-order valence-electron chi connectivity index (χ3n) is 3.76. The highest BCUT2D eigenvalue weighted by atomic mass is 79.9. The summed E-state index contributed by atoms with van der Waals surface area (Å²) in [6.45, 7) is 0. The number of amides is 1. The molecule has 1 aliphatic rings. The Morgan fingerprint density at radius 2 is 1.81 bits per heavy atom. The molecule has 1 aliphatic heterocycles. The zero-order valence-corrected chi connectivity index (χ0v) is 17.8. The maximum Gasteiger partial charge on any atom is 0.264 e. The van der Waals surface area contributed by atoms with Crippen molar-refractivity contribution >= 4 is 73.5 Å². The number of carbonyl (C=O) groups excluding carboxylic acids is 1. The molecule has 1 saturated heterocycles. The fraction of sp³-hybridized carbons (Fsp3) is 0. The van der Waals surface area contributed by atoms with Gasteiger partial charge in [-0.2, -0.15) is 0 Å². The minimum atomic E-state index is -0.130. The summed E-state index contributed by atoms with van der Waals surface area (Å²) < 4.78 is 1.00. The van der Waals surface area contributed by atoms with E-state index in [4.69, 9.17) is 11.6 Å². The number of rotatable bonds is 3. The van der Waals surface area contributed by atoms with Crippen LogP contribution in [0.15, 0.2) is 74.3 Å². The van der Waals surface area contributed by atoms with Crippen LogP contribution in [0.25, 0.3) is 16.5 Å². The second-order valence-corrected chi connectivity index (χ2v) is 9.00. The van der Waals surface area contributed by atoms with E-state index in [9.17, 15) is 4.79 Å². The highest BCUT2D eigenvalue weighted by Crippen LogP contribution is 2.34. The van der Waals surface area contributed by atoms with Gasteiger partial charge in [-0.15, -0.1) is 11.3 Å². The molecule has 27 heavy (non-hydrogen) atoms. The van der Waals surface area contributed by atoms with Crippen LogP contribution in [0.1, 0.15) is 5.56 Å². The van der Waals surface area contributed by atoms with E-state index in [0.29, 0.717) is 15.1 Å². The number of hydrogen-bond acceptors (Lipinski definition) is 4. The van der Waals surface area contributed by atoms with Crippen LogP contribution in [0.5, 0.6) is 0 Å². The monoisotopic (exact) mass is 474 g/mol. The van der Waals surface area contributed by atoms with Gasteiger partial charge in [-0.05, 0) is 59.3 Å². The van der Waals surface area contributed by atoms with Crippen molar-refractivity contribution in [3.05, 3.63) is 79.9 Å². The second kappa shape index (κ2) is 8.02. The Labute approximate surface area is 178 Å². The fourth-order valence-corrected chi connectivity index (χ4v) is 4.52. The average Bonchev–Trinajstić information content (AvgIpc) is 3.25. The average molecular weight is 476 g/mol. The Balaban J connectivity index is 1.53. The van der Waals surface area contributed by atoms with Gasteiger partial charge in [0.05, 0.1) is 10.6 Å². The lowest BCUT2D eigenvalue weighted by Gasteiger charge is -1.96. The van der Waals surface area contributed by atoms with Crippen molar-refractivity contribution in [1.29, 1.82) is 0 Å². The minimum Gasteiger partial charge on any atom is -0.300 e. The lowest BCUT2D eigenvalue weighted by atomic mass is 10.2. The van der Waals surface area contributed by atoms with Gasteiger partial charge in [0.2, 0.25) is 0 Å². The standard InChI is InChI=1S/C20H12BrClN2OS2/c21-14-5-1-12(2-6-14)9-18-19(25)24-20(27-18)23-16-10-17(26-11-16)13-3-7-15(22)8-4-13/h1-11H,(H,23,24,25)/b18-9-. The predicted octanol–water partition coefficient (Wildman–Crippen LogP) is 6.72. The maximum atomic E-state index is 12.2. The number of nitrogens with zero attached hydrogens (tertiary/aromatic N) is 1. The van der Waals surface area contributed by atoms with Crippen molar-refractivity contribution in [3.8, 4) is 10.4 Å². The third kappa shape index (κ3) is 4.52. The van der Waals surface area contributed by atoms with Crippen molar-refractivity contribution in [3.63, 3.8) is 0 Å². The molecule has 1 aromatic heterocycles. The molecule has 0 unspecified atom stereocenters. The summed E-state index contributed by atoms with van der Waals surface area (Å²) in [5.74, 6) is -0.130. The SMILES string of the molecule is O=C1NC(=Nc2csc(-c3ccc(Cl)cc3)c2)S/C1=C\c1ccc(Br)cc1. The molecule has 3 aromatic rings. The van der Waals surface area contributed by atoms with E-state index >= 15 is 0 Å². The summed E-state index contributed by atoms with van der Waals surface area (Å²) in [4.78, 5) is 18.5. The van der Waals surface area contributed by atoms with E-state index in [1.165, 1.54) is 11.8 Å². The highest BCUT2D eigenvalue weighted by Gasteiger charge is 2.23. The normalized spacial score (nSPS) is 16.9. The van der Waals surface area contributed by atoms with Crippen LogP contribution >= 0.6 is 50.6 Å². The summed E-state index contributed by atoms with van der Waals surface area (Å²) in [6, 6.07) is 17.5. The lowest BCUT2D eigenvalue weighted by Crippen LogP contribution is -2.19. The Hall–Kier alpha value is -1.86. The summed E-state index contributed by atoms with van der Waals surface area (Å²) in [5, 5.41) is 6.10. The van der Waals surface area contributed by atoms with E-state index in [-0.39, 0.29) is 5.91 Å². The number of thiophene rings is 1. The molecule has 2 aromatic carbocycles. The number of aliphatic imine (C=N–C) groups is 1. The van der Waals surface area contributed by atoms with E-state index in [0.717, 1.165) is 26.2 Å². The van der Waals surface area contributed by atoms with Gasteiger partial charge in [0, 0.05) is 19.8 Å². The van der Waals surface area contributed by atoms with Crippen LogP contribution in [-0.4, -0.2) is 11.1 Å². The highest BCUT2D eigenvalue weighted by molar-refractivity contribution is 9.10. The maximum absolute atomic E-state index is 12.2. The number of benzene rings is 2. The first-order valence-corrected chi connectivity index (χ1v) is 10.8. The Bertz CT molecular complexity index is 1060. The zero-order valence-electron chi connectivity index (χ0n) is 13.8. The van der Waals surface area contributed by atoms with E-state index in [1.54, 1.807) is 11.3 Å². The molecule has 2 heterocycles. The molecule has 0 atom stereocenters. The first-order valence-electron chi connectivity index (χ1n) is 7.96. The molecule has 0 radical (unpaired) electrons. The Morgan fingerprint density at radius 1 is 1.07 bits per heavy atom. The summed E-state index contributed by atoms with van der Waals surface area (Å²) in [5.41, 5.74) is 2.88. The van der Waals surface area contributed by atoms with Gasteiger partial charge >= 0.3 is 0 Å². The fourth-order valence-electron chi connectivity index (χ4n) is 2.46. The van der Waals surface area contributed by atoms with Crippen molar-refractivity contribution in [1.82, 2.24) is 5.32 Å². The molecule has 134 valence electrons. The lowest BCUT2D eigenvalue weighted by molar-refractivity contribution is -0.115. The van der Waals surface area contributed by atoms with Crippen molar-refractivity contribution in [2.45, 2.75) is 0 Å². The van der Waals surface area contributed by atoms with Gasteiger partial charge in [0.15, 0.2) is 5.17 Å². The van der Waals surface area contributed by atoms with E-state index in [2.05, 4.69) is 26.2 Å². The minimum absolute atomic E-state index is 0.130. The zero-order chi connectivity index (χ0) is 18.8. The molecule has 0 aliphatic carbocycles. The van der Waals surface area contributed by atoms with Gasteiger partial charge in [-0.3, -0.25) is 4.79 Å². The van der Waals surface area contributed by atoms with Crippen molar-refractivity contribution < 1.29 is 4.79 Å². The summed E-state index contributed by atoms with van der Waals surface area (Å²) >= 11 is 12.3. The molecule has 3 nitrogen and oxygen atoms in total. The first kappa shape index (κ1) is 18.5. The molecular formula is C20H12BrClN2OS2. The molecule has 0 spiro atoms. The van der Waals surface area contributed by atoms with E-state index in [1.807, 2.05) is 66.1 Å². The quantitative estimate of drug-likeness (QED) is 0.427. The third-order valence-corrected chi connectivity index (χ3v) is 6.42. The molecule has 0 bridgehead atoms. The number of carbonyl (C=O) groups is 1.